The standard InChI is InChI=1S/C15H17N3O3/c1-4-6-12-8-11(10-17-18-15(16)19)9-13(20-3)14(12)21-7-5-2/h2,4,8-10H,1,6-7H2,3H3,(H3,16,18,19). The number of methoxy groups -OCH3 is 1. The molecule has 0 bridgehead atoms. The number of rotatable bonds is 7. The lowest BCUT2D eigenvalue weighted by Gasteiger charge is -2.14. The molecule has 0 atom stereocenters. The van der Waals surface area contributed by atoms with Gasteiger partial charge in [-0.15, -0.1) is 13.0 Å². The number of hydrazone groups is 1. The van der Waals surface area contributed by atoms with Crippen LogP contribution in [0.5, 0.6) is 11.5 Å². The van der Waals surface area contributed by atoms with E-state index in [9.17, 15) is 4.79 Å². The van der Waals surface area contributed by atoms with Gasteiger partial charge in [-0.25, -0.2) is 10.2 Å². The van der Waals surface area contributed by atoms with E-state index in [1.165, 1.54) is 13.3 Å². The highest BCUT2D eigenvalue weighted by Gasteiger charge is 2.11. The van der Waals surface area contributed by atoms with Crippen LogP contribution in [0, 0.1) is 12.3 Å². The molecule has 0 spiro atoms. The number of hydrogen-bond acceptors (Lipinski definition) is 4. The fourth-order valence-electron chi connectivity index (χ4n) is 1.66. The molecule has 0 aliphatic heterocycles. The minimum Gasteiger partial charge on any atom is -0.493 e. The van der Waals surface area contributed by atoms with Crippen molar-refractivity contribution in [3.8, 4) is 23.8 Å². The van der Waals surface area contributed by atoms with Crippen molar-refractivity contribution >= 4 is 12.2 Å². The zero-order valence-electron chi connectivity index (χ0n) is 11.8. The predicted octanol–water partition coefficient (Wildman–Crippen LogP) is 1.44. The summed E-state index contributed by atoms with van der Waals surface area (Å²) in [5.74, 6) is 3.49. The van der Waals surface area contributed by atoms with E-state index in [0.29, 0.717) is 23.5 Å². The molecule has 0 aliphatic rings. The molecule has 6 heteroatoms. The number of terminal acetylenes is 1. The quantitative estimate of drug-likeness (QED) is 0.344. The molecule has 110 valence electrons. The monoisotopic (exact) mass is 287 g/mol. The minimum absolute atomic E-state index is 0.136. The first kappa shape index (κ1) is 16.1. The number of allylic oxidation sites excluding steroid dienone is 1. The molecule has 0 aliphatic carbocycles. The molecule has 1 rings (SSSR count). The Balaban J connectivity index is 3.15. The number of ether oxygens (including phenoxy) is 2. The first-order valence-electron chi connectivity index (χ1n) is 6.09. The fourth-order valence-corrected chi connectivity index (χ4v) is 1.66. The van der Waals surface area contributed by atoms with E-state index in [0.717, 1.165) is 5.56 Å². The lowest BCUT2D eigenvalue weighted by Crippen LogP contribution is -2.24. The highest BCUT2D eigenvalue weighted by Crippen LogP contribution is 2.33. The Morgan fingerprint density at radius 2 is 2.38 bits per heavy atom. The fraction of sp³-hybridized carbons (Fsp3) is 0.200. The second-order valence-corrected chi connectivity index (χ2v) is 3.93. The Labute approximate surface area is 123 Å². The number of nitrogens with one attached hydrogen (secondary N) is 1. The number of hydrogen-bond donors (Lipinski definition) is 2. The number of nitrogens with two attached hydrogens (primary N) is 1. The highest BCUT2D eigenvalue weighted by molar-refractivity contribution is 5.83. The van der Waals surface area contributed by atoms with Crippen molar-refractivity contribution in [1.29, 1.82) is 0 Å². The summed E-state index contributed by atoms with van der Waals surface area (Å²) in [7, 11) is 1.53. The average Bonchev–Trinajstić information content (AvgIpc) is 2.45. The van der Waals surface area contributed by atoms with E-state index < -0.39 is 6.03 Å². The zero-order valence-corrected chi connectivity index (χ0v) is 11.8. The molecule has 0 saturated heterocycles. The molecule has 0 unspecified atom stereocenters. The number of amides is 2. The number of benzene rings is 1. The van der Waals surface area contributed by atoms with Crippen molar-refractivity contribution < 1.29 is 14.3 Å². The van der Waals surface area contributed by atoms with Gasteiger partial charge in [0.1, 0.15) is 6.61 Å². The van der Waals surface area contributed by atoms with Gasteiger partial charge in [-0.2, -0.15) is 5.10 Å². The van der Waals surface area contributed by atoms with E-state index >= 15 is 0 Å². The van der Waals surface area contributed by atoms with Crippen LogP contribution in [0.4, 0.5) is 4.79 Å². The highest BCUT2D eigenvalue weighted by atomic mass is 16.5. The van der Waals surface area contributed by atoms with Gasteiger partial charge in [-0.1, -0.05) is 12.0 Å². The summed E-state index contributed by atoms with van der Waals surface area (Å²) >= 11 is 0. The van der Waals surface area contributed by atoms with E-state index in [1.807, 2.05) is 6.07 Å². The normalized spacial score (nSPS) is 9.90. The molecule has 1 aromatic rings. The van der Waals surface area contributed by atoms with E-state index in [-0.39, 0.29) is 6.61 Å². The van der Waals surface area contributed by atoms with Gasteiger partial charge in [0.15, 0.2) is 11.5 Å². The summed E-state index contributed by atoms with van der Waals surface area (Å²) in [6.45, 7) is 3.84. The molecule has 0 saturated carbocycles. The van der Waals surface area contributed by atoms with Gasteiger partial charge in [0, 0.05) is 5.56 Å². The van der Waals surface area contributed by atoms with E-state index in [4.69, 9.17) is 21.6 Å². The number of primary amides is 1. The summed E-state index contributed by atoms with van der Waals surface area (Å²) in [6.07, 6.45) is 8.96. The van der Waals surface area contributed by atoms with Gasteiger partial charge in [-0.05, 0) is 24.1 Å². The molecule has 0 heterocycles. The third-order valence-corrected chi connectivity index (χ3v) is 2.43. The second kappa shape index (κ2) is 8.27. The molecule has 21 heavy (non-hydrogen) atoms. The van der Waals surface area contributed by atoms with Crippen LogP contribution in [0.15, 0.2) is 29.9 Å². The van der Waals surface area contributed by atoms with Crippen molar-refractivity contribution in [2.24, 2.45) is 10.8 Å². The zero-order chi connectivity index (χ0) is 15.7. The lowest BCUT2D eigenvalue weighted by molar-refractivity contribution is 0.249. The van der Waals surface area contributed by atoms with Crippen molar-refractivity contribution in [2.75, 3.05) is 13.7 Å². The summed E-state index contributed by atoms with van der Waals surface area (Å²) in [4.78, 5) is 10.6. The lowest BCUT2D eigenvalue weighted by atomic mass is 10.1. The third kappa shape index (κ3) is 4.91. The Bertz CT molecular complexity index is 589. The van der Waals surface area contributed by atoms with Crippen LogP contribution in [0.3, 0.4) is 0 Å². The first-order chi connectivity index (χ1) is 10.1. The Morgan fingerprint density at radius 1 is 1.62 bits per heavy atom. The van der Waals surface area contributed by atoms with Crippen LogP contribution in [0.25, 0.3) is 0 Å². The van der Waals surface area contributed by atoms with Crippen LogP contribution in [0.2, 0.25) is 0 Å². The van der Waals surface area contributed by atoms with Crippen molar-refractivity contribution in [1.82, 2.24) is 5.43 Å². The van der Waals surface area contributed by atoms with Crippen molar-refractivity contribution in [2.45, 2.75) is 6.42 Å². The van der Waals surface area contributed by atoms with Crippen LogP contribution < -0.4 is 20.6 Å². The molecular formula is C15H17N3O3. The molecule has 0 fully saturated rings. The summed E-state index contributed by atoms with van der Waals surface area (Å²) in [5.41, 5.74) is 8.61. The minimum atomic E-state index is -0.737. The Hall–Kier alpha value is -2.94. The first-order valence-corrected chi connectivity index (χ1v) is 6.09. The van der Waals surface area contributed by atoms with E-state index in [2.05, 4.69) is 23.0 Å². The summed E-state index contributed by atoms with van der Waals surface area (Å²) < 4.78 is 10.8. The van der Waals surface area contributed by atoms with Gasteiger partial charge in [0.2, 0.25) is 0 Å². The SMILES string of the molecule is C#CCOc1c(CC=C)cc(C=NNC(N)=O)cc1OC. The smallest absolute Gasteiger partial charge is 0.332 e. The number of carbonyl (C=O) groups excluding carboxylic acids is 1. The van der Waals surface area contributed by atoms with Gasteiger partial charge in [-0.3, -0.25) is 0 Å². The molecule has 3 N–H and O–H groups in total. The van der Waals surface area contributed by atoms with Crippen LogP contribution >= 0.6 is 0 Å². The molecular weight excluding hydrogens is 270 g/mol. The van der Waals surface area contributed by atoms with Crippen LogP contribution in [-0.2, 0) is 6.42 Å². The molecule has 6 nitrogen and oxygen atoms in total. The van der Waals surface area contributed by atoms with Gasteiger partial charge in [0.25, 0.3) is 0 Å². The number of carbonyl (C=O) groups is 1. The second-order valence-electron chi connectivity index (χ2n) is 3.93. The molecule has 2 amide bonds. The molecule has 0 radical (unpaired) electrons. The van der Waals surface area contributed by atoms with Crippen LogP contribution in [0.1, 0.15) is 11.1 Å². The maximum atomic E-state index is 10.6. The van der Waals surface area contributed by atoms with Gasteiger partial charge >= 0.3 is 6.03 Å². The predicted molar refractivity (Wildman–Crippen MR) is 81.5 cm³/mol. The molecule has 1 aromatic carbocycles. The summed E-state index contributed by atoms with van der Waals surface area (Å²) in [5, 5.41) is 3.71. The topological polar surface area (TPSA) is 85.9 Å². The maximum Gasteiger partial charge on any atom is 0.332 e. The van der Waals surface area contributed by atoms with Crippen molar-refractivity contribution in [3.05, 3.63) is 35.9 Å². The van der Waals surface area contributed by atoms with E-state index in [1.54, 1.807) is 12.1 Å². The molecule has 0 aromatic heterocycles. The van der Waals surface area contributed by atoms with Gasteiger partial charge < -0.3 is 15.2 Å². The summed E-state index contributed by atoms with van der Waals surface area (Å²) in [6, 6.07) is 2.81. The Kier molecular flexibility index (Phi) is 6.35. The average molecular weight is 287 g/mol. The van der Waals surface area contributed by atoms with Crippen LogP contribution in [-0.4, -0.2) is 26.0 Å². The number of nitrogens with zero attached hydrogens (tertiary/aromatic N) is 1. The largest absolute Gasteiger partial charge is 0.493 e. The Morgan fingerprint density at radius 3 is 2.95 bits per heavy atom. The maximum absolute atomic E-state index is 10.6. The number of urea groups is 1. The third-order valence-electron chi connectivity index (χ3n) is 2.43. The van der Waals surface area contributed by atoms with Gasteiger partial charge in [0.05, 0.1) is 13.3 Å². The van der Waals surface area contributed by atoms with Crippen molar-refractivity contribution in [3.63, 3.8) is 0 Å².